The van der Waals surface area contributed by atoms with Crippen LogP contribution in [0.5, 0.6) is 0 Å². The zero-order valence-corrected chi connectivity index (χ0v) is 19.9. The maximum atomic E-state index is 12.6. The fourth-order valence-corrected chi connectivity index (χ4v) is 5.28. The molecule has 0 unspecified atom stereocenters. The van der Waals surface area contributed by atoms with E-state index in [-0.39, 0.29) is 15.4 Å². The first-order valence-corrected chi connectivity index (χ1v) is 11.6. The van der Waals surface area contributed by atoms with E-state index in [0.717, 1.165) is 47.9 Å². The van der Waals surface area contributed by atoms with E-state index in [2.05, 4.69) is 10.3 Å². The Morgan fingerprint density at radius 1 is 1.03 bits per heavy atom. The molecule has 0 saturated heterocycles. The Hall–Kier alpha value is -3.66. The van der Waals surface area contributed by atoms with Gasteiger partial charge < -0.3 is 24.5 Å². The molecule has 0 spiro atoms. The smallest absolute Gasteiger partial charge is 0.348 e. The second-order valence-corrected chi connectivity index (χ2v) is 8.94. The molecular weight excluding hydrogens is 460 g/mol. The van der Waals surface area contributed by atoms with Crippen LogP contribution in [0.2, 0.25) is 0 Å². The molecule has 2 aromatic heterocycles. The highest BCUT2D eigenvalue weighted by Crippen LogP contribution is 2.34. The SMILES string of the molecule is COC(=O)c1sc(NC(=O)COC(=O)c2ccc3[nH]c4c(c3c2)CCCC4)c(C(=O)OC)c1C. The molecule has 0 saturated carbocycles. The lowest BCUT2D eigenvalue weighted by Gasteiger charge is -2.10. The number of hydrogen-bond acceptors (Lipinski definition) is 8. The maximum Gasteiger partial charge on any atom is 0.348 e. The van der Waals surface area contributed by atoms with Crippen molar-refractivity contribution in [3.8, 4) is 0 Å². The number of carbonyl (C=O) groups is 4. The number of ether oxygens (including phenoxy) is 3. The van der Waals surface area contributed by atoms with Crippen LogP contribution in [0.3, 0.4) is 0 Å². The van der Waals surface area contributed by atoms with Crippen molar-refractivity contribution < 1.29 is 33.4 Å². The summed E-state index contributed by atoms with van der Waals surface area (Å²) in [7, 11) is 2.42. The molecule has 0 fully saturated rings. The van der Waals surface area contributed by atoms with Crippen LogP contribution in [0.25, 0.3) is 10.9 Å². The summed E-state index contributed by atoms with van der Waals surface area (Å²) < 4.78 is 14.7. The second-order valence-electron chi connectivity index (χ2n) is 7.92. The Labute approximate surface area is 199 Å². The van der Waals surface area contributed by atoms with Crippen LogP contribution in [0.4, 0.5) is 5.00 Å². The van der Waals surface area contributed by atoms with E-state index < -0.39 is 30.4 Å². The minimum atomic E-state index is -0.709. The molecule has 2 N–H and O–H groups in total. The van der Waals surface area contributed by atoms with Gasteiger partial charge in [0.1, 0.15) is 9.88 Å². The molecule has 1 aliphatic carbocycles. The van der Waals surface area contributed by atoms with Crippen LogP contribution < -0.4 is 5.32 Å². The molecule has 2 heterocycles. The summed E-state index contributed by atoms with van der Waals surface area (Å²) in [6, 6.07) is 5.29. The highest BCUT2D eigenvalue weighted by molar-refractivity contribution is 7.18. The number of carbonyl (C=O) groups excluding carboxylic acids is 4. The van der Waals surface area contributed by atoms with Gasteiger partial charge in [0.15, 0.2) is 6.61 Å². The summed E-state index contributed by atoms with van der Waals surface area (Å²) in [5.41, 5.74) is 4.16. The molecule has 1 amide bonds. The van der Waals surface area contributed by atoms with E-state index in [1.807, 2.05) is 6.07 Å². The second kappa shape index (κ2) is 9.68. The summed E-state index contributed by atoms with van der Waals surface area (Å²) in [5.74, 6) is -2.63. The standard InChI is InChI=1S/C24H24N2O7S/c1-12-19(23(29)31-2)21(34-20(12)24(30)32-3)26-18(27)11-33-22(28)13-8-9-17-15(10-13)14-6-4-5-7-16(14)25-17/h8-10,25H,4-7,11H2,1-3H3,(H,26,27). The van der Waals surface area contributed by atoms with E-state index in [1.54, 1.807) is 19.1 Å². The van der Waals surface area contributed by atoms with E-state index in [1.165, 1.54) is 25.5 Å². The summed E-state index contributed by atoms with van der Waals surface area (Å²) >= 11 is 0.886. The lowest BCUT2D eigenvalue weighted by molar-refractivity contribution is -0.119. The van der Waals surface area contributed by atoms with E-state index >= 15 is 0 Å². The average molecular weight is 485 g/mol. The van der Waals surface area contributed by atoms with Crippen molar-refractivity contribution in [2.45, 2.75) is 32.6 Å². The largest absolute Gasteiger partial charge is 0.465 e. The third kappa shape index (κ3) is 4.41. The first-order valence-electron chi connectivity index (χ1n) is 10.7. The number of esters is 3. The number of H-pyrrole nitrogens is 1. The van der Waals surface area contributed by atoms with Crippen molar-refractivity contribution in [1.29, 1.82) is 0 Å². The van der Waals surface area contributed by atoms with Crippen LogP contribution in [-0.2, 0) is 31.8 Å². The number of methoxy groups -OCH3 is 2. The Bertz CT molecular complexity index is 1300. The normalized spacial score (nSPS) is 12.7. The molecule has 4 rings (SSSR count). The zero-order valence-electron chi connectivity index (χ0n) is 19.0. The van der Waals surface area contributed by atoms with E-state index in [9.17, 15) is 19.2 Å². The monoisotopic (exact) mass is 484 g/mol. The molecule has 178 valence electrons. The average Bonchev–Trinajstić information content (AvgIpc) is 3.38. The van der Waals surface area contributed by atoms with Crippen molar-refractivity contribution >= 4 is 51.1 Å². The Balaban J connectivity index is 1.46. The van der Waals surface area contributed by atoms with Gasteiger partial charge in [-0.1, -0.05) is 0 Å². The van der Waals surface area contributed by atoms with Gasteiger partial charge in [-0.2, -0.15) is 0 Å². The van der Waals surface area contributed by atoms with Crippen LogP contribution in [-0.4, -0.2) is 49.6 Å². The fraction of sp³-hybridized carbons (Fsp3) is 0.333. The van der Waals surface area contributed by atoms with Gasteiger partial charge in [-0.15, -0.1) is 11.3 Å². The van der Waals surface area contributed by atoms with Gasteiger partial charge in [0.2, 0.25) is 0 Å². The van der Waals surface area contributed by atoms with Gasteiger partial charge >= 0.3 is 17.9 Å². The van der Waals surface area contributed by atoms with Gasteiger partial charge in [0, 0.05) is 16.6 Å². The molecule has 1 aromatic carbocycles. The number of aryl methyl sites for hydroxylation is 2. The molecule has 0 bridgehead atoms. The molecular formula is C24H24N2O7S. The number of hydrogen-bond donors (Lipinski definition) is 2. The first kappa shape index (κ1) is 23.5. The molecule has 0 atom stereocenters. The Morgan fingerprint density at radius 2 is 1.76 bits per heavy atom. The molecule has 0 aliphatic heterocycles. The van der Waals surface area contributed by atoms with E-state index in [4.69, 9.17) is 14.2 Å². The van der Waals surface area contributed by atoms with Crippen molar-refractivity contribution in [1.82, 2.24) is 4.98 Å². The van der Waals surface area contributed by atoms with Crippen molar-refractivity contribution in [3.63, 3.8) is 0 Å². The third-order valence-corrected chi connectivity index (χ3v) is 7.02. The topological polar surface area (TPSA) is 124 Å². The predicted octanol–water partition coefficient (Wildman–Crippen LogP) is 3.79. The number of rotatable bonds is 6. The number of amides is 1. The number of anilines is 1. The molecule has 34 heavy (non-hydrogen) atoms. The predicted molar refractivity (Wildman–Crippen MR) is 126 cm³/mol. The summed E-state index contributed by atoms with van der Waals surface area (Å²) in [6.45, 7) is 0.994. The highest BCUT2D eigenvalue weighted by Gasteiger charge is 2.27. The highest BCUT2D eigenvalue weighted by atomic mass is 32.1. The summed E-state index contributed by atoms with van der Waals surface area (Å²) in [5, 5.41) is 3.65. The fourth-order valence-electron chi connectivity index (χ4n) is 4.15. The van der Waals surface area contributed by atoms with Crippen LogP contribution in [0.15, 0.2) is 18.2 Å². The number of fused-ring (bicyclic) bond motifs is 3. The lowest BCUT2D eigenvalue weighted by atomic mass is 9.95. The maximum absolute atomic E-state index is 12.6. The minimum absolute atomic E-state index is 0.0512. The number of nitrogens with one attached hydrogen (secondary N) is 2. The lowest BCUT2D eigenvalue weighted by Crippen LogP contribution is -2.21. The van der Waals surface area contributed by atoms with Crippen molar-refractivity contribution in [2.24, 2.45) is 0 Å². The van der Waals surface area contributed by atoms with Crippen LogP contribution in [0.1, 0.15) is 60.1 Å². The minimum Gasteiger partial charge on any atom is -0.465 e. The number of benzene rings is 1. The number of aromatic amines is 1. The Kier molecular flexibility index (Phi) is 6.69. The first-order chi connectivity index (χ1) is 16.3. The Morgan fingerprint density at radius 3 is 2.50 bits per heavy atom. The quantitative estimate of drug-likeness (QED) is 0.403. The van der Waals surface area contributed by atoms with Gasteiger partial charge in [-0.05, 0) is 61.9 Å². The number of aromatic nitrogens is 1. The van der Waals surface area contributed by atoms with Crippen LogP contribution >= 0.6 is 11.3 Å². The summed E-state index contributed by atoms with van der Waals surface area (Å²) in [6.07, 6.45) is 4.22. The van der Waals surface area contributed by atoms with Crippen molar-refractivity contribution in [2.75, 3.05) is 26.1 Å². The molecule has 10 heteroatoms. The zero-order chi connectivity index (χ0) is 24.4. The van der Waals surface area contributed by atoms with Crippen LogP contribution in [0, 0.1) is 6.92 Å². The summed E-state index contributed by atoms with van der Waals surface area (Å²) in [4.78, 5) is 52.8. The molecule has 9 nitrogen and oxygen atoms in total. The van der Waals surface area contributed by atoms with Gasteiger partial charge in [0.25, 0.3) is 5.91 Å². The van der Waals surface area contributed by atoms with Crippen molar-refractivity contribution in [3.05, 3.63) is 51.0 Å². The van der Waals surface area contributed by atoms with Gasteiger partial charge in [-0.3, -0.25) is 4.79 Å². The number of thiophene rings is 1. The van der Waals surface area contributed by atoms with Gasteiger partial charge in [-0.25, -0.2) is 14.4 Å². The third-order valence-electron chi connectivity index (χ3n) is 5.83. The molecule has 0 radical (unpaired) electrons. The molecule has 3 aromatic rings. The molecule has 1 aliphatic rings. The van der Waals surface area contributed by atoms with E-state index in [0.29, 0.717) is 11.1 Å². The van der Waals surface area contributed by atoms with Gasteiger partial charge in [0.05, 0.1) is 25.3 Å².